The highest BCUT2D eigenvalue weighted by atomic mass is 16.3. The maximum Gasteiger partial charge on any atom is 0.0926 e. The fourth-order valence-corrected chi connectivity index (χ4v) is 5.12. The molecule has 1 heterocycles. The molecule has 2 fully saturated rings. The number of hydrogen-bond donors (Lipinski definition) is 1. The highest BCUT2D eigenvalue weighted by molar-refractivity contribution is 5.23. The van der Waals surface area contributed by atoms with E-state index in [2.05, 4.69) is 37.4 Å². The van der Waals surface area contributed by atoms with Gasteiger partial charge in [0.05, 0.1) is 32.3 Å². The molecule has 0 bridgehead atoms. The third kappa shape index (κ3) is 4.21. The van der Waals surface area contributed by atoms with E-state index in [1.54, 1.807) is 0 Å². The number of benzene rings is 1. The molecule has 3 rings (SSSR count). The molecule has 1 aromatic rings. The largest absolute Gasteiger partial charge is 0.385 e. The van der Waals surface area contributed by atoms with E-state index in [1.165, 1.54) is 75.5 Å². The summed E-state index contributed by atoms with van der Waals surface area (Å²) in [4.78, 5) is 0. The van der Waals surface area contributed by atoms with Gasteiger partial charge in [0.25, 0.3) is 0 Å². The fraction of sp³-hybridized carbons (Fsp3) is 0.727. The van der Waals surface area contributed by atoms with Crippen molar-refractivity contribution in [3.63, 3.8) is 0 Å². The van der Waals surface area contributed by atoms with Crippen molar-refractivity contribution in [2.75, 3.05) is 26.7 Å². The molecule has 0 radical (unpaired) electrons. The molecule has 1 aliphatic carbocycles. The van der Waals surface area contributed by atoms with Gasteiger partial charge in [0, 0.05) is 0 Å². The summed E-state index contributed by atoms with van der Waals surface area (Å²) < 4.78 is 1.22. The van der Waals surface area contributed by atoms with Crippen LogP contribution in [0.5, 0.6) is 0 Å². The van der Waals surface area contributed by atoms with Crippen LogP contribution in [-0.2, 0) is 5.60 Å². The number of likely N-dealkylation sites (tertiary alicyclic amines) is 1. The first-order chi connectivity index (χ1) is 11.6. The second kappa shape index (κ2) is 8.01. The van der Waals surface area contributed by atoms with Gasteiger partial charge in [-0.25, -0.2) is 0 Å². The smallest absolute Gasteiger partial charge is 0.0926 e. The van der Waals surface area contributed by atoms with Gasteiger partial charge in [-0.3, -0.25) is 0 Å². The summed E-state index contributed by atoms with van der Waals surface area (Å²) >= 11 is 0. The molecule has 1 saturated carbocycles. The Hall–Kier alpha value is -0.860. The van der Waals surface area contributed by atoms with Crippen molar-refractivity contribution in [3.05, 3.63) is 35.9 Å². The number of hydrogen-bond acceptors (Lipinski definition) is 1. The summed E-state index contributed by atoms with van der Waals surface area (Å²) in [5, 5.41) is 11.7. The van der Waals surface area contributed by atoms with Crippen molar-refractivity contribution in [3.8, 4) is 0 Å². The average molecular weight is 331 g/mol. The minimum absolute atomic E-state index is 0.445. The first-order valence-electron chi connectivity index (χ1n) is 10.2. The Morgan fingerprint density at radius 1 is 0.958 bits per heavy atom. The minimum Gasteiger partial charge on any atom is -0.385 e. The van der Waals surface area contributed by atoms with Crippen LogP contribution in [0.2, 0.25) is 0 Å². The van der Waals surface area contributed by atoms with E-state index in [4.69, 9.17) is 0 Å². The van der Waals surface area contributed by atoms with Gasteiger partial charge in [-0.2, -0.15) is 0 Å². The van der Waals surface area contributed by atoms with Gasteiger partial charge < -0.3 is 9.59 Å². The predicted octanol–water partition coefficient (Wildman–Crippen LogP) is 4.87. The van der Waals surface area contributed by atoms with E-state index in [0.717, 1.165) is 18.4 Å². The van der Waals surface area contributed by atoms with Crippen LogP contribution < -0.4 is 0 Å². The molecule has 1 N–H and O–H groups in total. The lowest BCUT2D eigenvalue weighted by Gasteiger charge is -2.41. The lowest BCUT2D eigenvalue weighted by molar-refractivity contribution is -0.914. The number of nitrogens with zero attached hydrogens (tertiary/aromatic N) is 1. The van der Waals surface area contributed by atoms with Crippen LogP contribution in [0.15, 0.2) is 30.3 Å². The van der Waals surface area contributed by atoms with Crippen LogP contribution in [0.3, 0.4) is 0 Å². The molecule has 1 atom stereocenters. The highest BCUT2D eigenvalue weighted by Gasteiger charge is 2.39. The van der Waals surface area contributed by atoms with Crippen LogP contribution in [0.4, 0.5) is 0 Å². The summed E-state index contributed by atoms with van der Waals surface area (Å²) in [7, 11) is 2.42. The molecule has 2 aliphatic rings. The van der Waals surface area contributed by atoms with E-state index < -0.39 is 5.60 Å². The zero-order chi connectivity index (χ0) is 16.9. The number of aliphatic hydroxyl groups is 1. The van der Waals surface area contributed by atoms with Gasteiger partial charge >= 0.3 is 0 Å². The molecule has 1 aromatic carbocycles. The molecule has 2 heteroatoms. The Morgan fingerprint density at radius 3 is 2.25 bits per heavy atom. The Labute approximate surface area is 148 Å². The summed E-state index contributed by atoms with van der Waals surface area (Å²) in [6, 6.07) is 10.5. The van der Waals surface area contributed by atoms with Crippen LogP contribution in [-0.4, -0.2) is 36.3 Å². The van der Waals surface area contributed by atoms with Crippen LogP contribution in [0.1, 0.15) is 69.8 Å². The minimum atomic E-state index is -0.614. The summed E-state index contributed by atoms with van der Waals surface area (Å²) in [6.45, 7) is 3.88. The maximum atomic E-state index is 11.7. The van der Waals surface area contributed by atoms with Crippen molar-refractivity contribution in [1.29, 1.82) is 0 Å². The Morgan fingerprint density at radius 2 is 1.58 bits per heavy atom. The van der Waals surface area contributed by atoms with Gasteiger partial charge in [-0.05, 0) is 56.4 Å². The van der Waals surface area contributed by atoms with Gasteiger partial charge in [0.2, 0.25) is 0 Å². The monoisotopic (exact) mass is 330 g/mol. The fourth-order valence-electron chi connectivity index (χ4n) is 5.12. The zero-order valence-electron chi connectivity index (χ0n) is 15.6. The van der Waals surface area contributed by atoms with Crippen molar-refractivity contribution in [2.45, 2.75) is 69.8 Å². The first-order valence-corrected chi connectivity index (χ1v) is 10.2. The molecule has 1 aliphatic heterocycles. The van der Waals surface area contributed by atoms with Crippen molar-refractivity contribution >= 4 is 0 Å². The quantitative estimate of drug-likeness (QED) is 0.738. The van der Waals surface area contributed by atoms with E-state index in [1.807, 2.05) is 0 Å². The van der Waals surface area contributed by atoms with Crippen molar-refractivity contribution < 1.29 is 9.59 Å². The van der Waals surface area contributed by atoms with Crippen LogP contribution in [0, 0.1) is 5.92 Å². The standard InChI is InChI=1S/C22H36NO/c1-23(17-9-4-10-18-23)19-11-16-22(24,20-12-5-2-6-13-20)21-14-7-3-8-15-21/h2,5-6,12-13,21,24H,3-4,7-11,14-19H2,1H3/q+1/t22-/m1/s1. The molecule has 0 aromatic heterocycles. The maximum absolute atomic E-state index is 11.7. The SMILES string of the molecule is C[N+]1(CCC[C@@](O)(c2ccccc2)C2CCCCC2)CCCCC1. The van der Waals surface area contributed by atoms with Crippen LogP contribution >= 0.6 is 0 Å². The molecule has 1 saturated heterocycles. The van der Waals surface area contributed by atoms with Gasteiger partial charge in [-0.15, -0.1) is 0 Å². The second-order valence-electron chi connectivity index (χ2n) is 8.58. The third-order valence-corrected chi connectivity index (χ3v) is 6.71. The summed E-state index contributed by atoms with van der Waals surface area (Å²) in [5.74, 6) is 0.445. The van der Waals surface area contributed by atoms with Gasteiger partial charge in [0.1, 0.15) is 0 Å². The Balaban J connectivity index is 1.68. The topological polar surface area (TPSA) is 20.2 Å². The molecule has 24 heavy (non-hydrogen) atoms. The Kier molecular flexibility index (Phi) is 5.99. The summed E-state index contributed by atoms with van der Waals surface area (Å²) in [5.41, 5.74) is 0.537. The molecule has 0 amide bonds. The van der Waals surface area contributed by atoms with Crippen molar-refractivity contribution in [1.82, 2.24) is 0 Å². The van der Waals surface area contributed by atoms with Gasteiger partial charge in [0.15, 0.2) is 0 Å². The van der Waals surface area contributed by atoms with Crippen molar-refractivity contribution in [2.24, 2.45) is 5.92 Å². The normalized spacial score (nSPS) is 24.4. The molecular formula is C22H36NO+. The molecule has 0 spiro atoms. The van der Waals surface area contributed by atoms with E-state index in [9.17, 15) is 5.11 Å². The predicted molar refractivity (Wildman–Crippen MR) is 101 cm³/mol. The lowest BCUT2D eigenvalue weighted by atomic mass is 9.71. The molecular weight excluding hydrogens is 294 g/mol. The third-order valence-electron chi connectivity index (χ3n) is 6.71. The molecule has 0 unspecified atom stereocenters. The van der Waals surface area contributed by atoms with E-state index >= 15 is 0 Å². The van der Waals surface area contributed by atoms with Gasteiger partial charge in [-0.1, -0.05) is 49.6 Å². The highest BCUT2D eigenvalue weighted by Crippen LogP contribution is 2.42. The average Bonchev–Trinajstić information content (AvgIpc) is 2.63. The summed E-state index contributed by atoms with van der Waals surface area (Å²) in [6.07, 6.45) is 12.5. The number of quaternary nitrogens is 1. The lowest BCUT2D eigenvalue weighted by Crippen LogP contribution is -2.49. The zero-order valence-corrected chi connectivity index (χ0v) is 15.6. The number of rotatable bonds is 6. The molecule has 2 nitrogen and oxygen atoms in total. The van der Waals surface area contributed by atoms with E-state index in [-0.39, 0.29) is 0 Å². The second-order valence-corrected chi connectivity index (χ2v) is 8.58. The van der Waals surface area contributed by atoms with Crippen LogP contribution in [0.25, 0.3) is 0 Å². The number of piperidine rings is 1. The molecule has 134 valence electrons. The first kappa shape index (κ1) is 17.9. The Bertz CT molecular complexity index is 488. The van der Waals surface area contributed by atoms with E-state index in [0.29, 0.717) is 5.92 Å².